The van der Waals surface area contributed by atoms with E-state index in [1.807, 2.05) is 30.3 Å². The van der Waals surface area contributed by atoms with Gasteiger partial charge in [0.15, 0.2) is 9.84 Å². The molecule has 0 fully saturated rings. The third-order valence-corrected chi connectivity index (χ3v) is 8.52. The molecule has 3 rings (SSSR count). The number of aliphatic carboxylic acids is 1. The summed E-state index contributed by atoms with van der Waals surface area (Å²) < 4.78 is 33.3. The molecule has 1 unspecified atom stereocenters. The molecule has 0 radical (unpaired) electrons. The van der Waals surface area contributed by atoms with Gasteiger partial charge in [-0.05, 0) is 47.0 Å². The van der Waals surface area contributed by atoms with Crippen LogP contribution < -0.4 is 9.64 Å². The van der Waals surface area contributed by atoms with Gasteiger partial charge in [0.1, 0.15) is 5.75 Å². The largest absolute Gasteiger partial charge is 0.478 e. The number of carbonyl (C=O) groups is 1. The van der Waals surface area contributed by atoms with Gasteiger partial charge in [0.05, 0.1) is 33.1 Å². The topological polar surface area (TPSA) is 83.9 Å². The number of para-hydroxylation sites is 1. The van der Waals surface area contributed by atoms with Gasteiger partial charge >= 0.3 is 5.97 Å². The number of ether oxygens (including phenoxy) is 1. The monoisotopic (exact) mass is 521 g/mol. The molecule has 6 nitrogen and oxygen atoms in total. The molecule has 2 aromatic rings. The Morgan fingerprint density at radius 3 is 2.59 bits per heavy atom. The van der Waals surface area contributed by atoms with Gasteiger partial charge in [-0.15, -0.1) is 0 Å². The van der Waals surface area contributed by atoms with Crippen molar-refractivity contribution in [3.05, 3.63) is 59.3 Å². The number of nitrogens with zero attached hydrogens (tertiary/aromatic N) is 1. The Labute approximate surface area is 197 Å². The SMILES string of the molecule is CCCCC1(CC)CN(c2ccccc2)c2cc(Br)c(O/C=C\C(=O)O)cc2S(=O)(=O)C1. The Bertz CT molecular complexity index is 1100. The molecular weight excluding hydrogens is 494 g/mol. The van der Waals surface area contributed by atoms with Crippen molar-refractivity contribution in [2.45, 2.75) is 44.4 Å². The second kappa shape index (κ2) is 10.1. The van der Waals surface area contributed by atoms with Crippen LogP contribution in [-0.2, 0) is 14.6 Å². The highest BCUT2D eigenvalue weighted by atomic mass is 79.9. The van der Waals surface area contributed by atoms with Crippen LogP contribution in [0.4, 0.5) is 11.4 Å². The number of halogens is 1. The molecule has 0 saturated carbocycles. The van der Waals surface area contributed by atoms with E-state index in [4.69, 9.17) is 9.84 Å². The molecule has 0 bridgehead atoms. The van der Waals surface area contributed by atoms with E-state index in [1.54, 1.807) is 6.07 Å². The molecule has 1 N–H and O–H groups in total. The predicted octanol–water partition coefficient (Wildman–Crippen LogP) is 5.94. The minimum absolute atomic E-state index is 0.0544. The zero-order valence-electron chi connectivity index (χ0n) is 18.3. The van der Waals surface area contributed by atoms with Crippen molar-refractivity contribution in [2.75, 3.05) is 17.2 Å². The molecule has 0 spiro atoms. The lowest BCUT2D eigenvalue weighted by Gasteiger charge is -2.36. The Morgan fingerprint density at radius 1 is 1.25 bits per heavy atom. The van der Waals surface area contributed by atoms with Gasteiger partial charge in [-0.25, -0.2) is 13.2 Å². The summed E-state index contributed by atoms with van der Waals surface area (Å²) in [7, 11) is -3.63. The van der Waals surface area contributed by atoms with Crippen molar-refractivity contribution in [1.82, 2.24) is 0 Å². The highest BCUT2D eigenvalue weighted by molar-refractivity contribution is 9.10. The van der Waals surface area contributed by atoms with Crippen LogP contribution in [0.5, 0.6) is 5.75 Å². The third kappa shape index (κ3) is 5.35. The van der Waals surface area contributed by atoms with Crippen LogP contribution in [0, 0.1) is 5.41 Å². The average molecular weight is 522 g/mol. The molecule has 1 aliphatic heterocycles. The molecule has 1 atom stereocenters. The fourth-order valence-electron chi connectivity index (χ4n) is 4.12. The smallest absolute Gasteiger partial charge is 0.331 e. The maximum atomic E-state index is 13.6. The Morgan fingerprint density at radius 2 is 1.97 bits per heavy atom. The number of benzene rings is 2. The van der Waals surface area contributed by atoms with Crippen molar-refractivity contribution in [1.29, 1.82) is 0 Å². The van der Waals surface area contributed by atoms with Crippen molar-refractivity contribution in [3.63, 3.8) is 0 Å². The second-order valence-corrected chi connectivity index (χ2v) is 11.0. The molecule has 32 heavy (non-hydrogen) atoms. The van der Waals surface area contributed by atoms with Gasteiger partial charge in [0.25, 0.3) is 0 Å². The van der Waals surface area contributed by atoms with Crippen LogP contribution in [0.1, 0.15) is 39.5 Å². The Balaban J connectivity index is 2.19. The summed E-state index contributed by atoms with van der Waals surface area (Å²) in [6.07, 6.45) is 5.41. The summed E-state index contributed by atoms with van der Waals surface area (Å²) >= 11 is 3.47. The highest BCUT2D eigenvalue weighted by Gasteiger charge is 2.41. The average Bonchev–Trinajstić information content (AvgIpc) is 2.85. The molecule has 2 aromatic carbocycles. The standard InChI is InChI=1S/C24H28BrNO5S/c1-3-5-12-24(4-2)16-26(18-9-7-6-8-10-18)20-14-19(25)21(31-13-11-23(27)28)15-22(20)32(29,30)17-24/h6-11,13-15H,3-5,12,16-17H2,1-2H3,(H,27,28)/b13-11-. The quantitative estimate of drug-likeness (QED) is 0.341. The molecule has 0 amide bonds. The lowest BCUT2D eigenvalue weighted by atomic mass is 9.81. The van der Waals surface area contributed by atoms with Crippen LogP contribution >= 0.6 is 15.9 Å². The van der Waals surface area contributed by atoms with E-state index in [2.05, 4.69) is 34.7 Å². The minimum Gasteiger partial charge on any atom is -0.478 e. The summed E-state index contributed by atoms with van der Waals surface area (Å²) in [6.45, 7) is 4.76. The second-order valence-electron chi connectivity index (χ2n) is 8.15. The number of hydrogen-bond acceptors (Lipinski definition) is 5. The van der Waals surface area contributed by atoms with Crippen LogP contribution in [0.15, 0.2) is 64.2 Å². The molecule has 0 saturated heterocycles. The van der Waals surface area contributed by atoms with Crippen molar-refractivity contribution >= 4 is 43.1 Å². The fourth-order valence-corrected chi connectivity index (χ4v) is 6.72. The first-order valence-corrected chi connectivity index (χ1v) is 13.1. The van der Waals surface area contributed by atoms with Gasteiger partial charge in [0.2, 0.25) is 0 Å². The number of fused-ring (bicyclic) bond motifs is 1. The Hall–Kier alpha value is -2.32. The number of anilines is 2. The number of carboxylic acid groups (broad SMARTS) is 1. The fraction of sp³-hybridized carbons (Fsp3) is 0.375. The van der Waals surface area contributed by atoms with E-state index < -0.39 is 15.8 Å². The molecular formula is C24H28BrNO5S. The van der Waals surface area contributed by atoms with Crippen LogP contribution in [0.25, 0.3) is 0 Å². The number of rotatable bonds is 8. The number of sulfone groups is 1. The van der Waals surface area contributed by atoms with Gasteiger partial charge < -0.3 is 14.7 Å². The summed E-state index contributed by atoms with van der Waals surface area (Å²) in [5, 5.41) is 8.81. The van der Waals surface area contributed by atoms with E-state index in [0.29, 0.717) is 16.7 Å². The minimum atomic E-state index is -3.63. The van der Waals surface area contributed by atoms with Crippen molar-refractivity contribution < 1.29 is 23.1 Å². The van der Waals surface area contributed by atoms with E-state index >= 15 is 0 Å². The van der Waals surface area contributed by atoms with Crippen molar-refractivity contribution in [3.8, 4) is 5.75 Å². The predicted molar refractivity (Wildman–Crippen MR) is 129 cm³/mol. The first kappa shape index (κ1) is 24.3. The van der Waals surface area contributed by atoms with Gasteiger partial charge in [-0.1, -0.05) is 44.9 Å². The summed E-state index contributed by atoms with van der Waals surface area (Å²) in [5.41, 5.74) is 1.12. The zero-order valence-corrected chi connectivity index (χ0v) is 20.7. The van der Waals surface area contributed by atoms with E-state index in [1.165, 1.54) is 6.07 Å². The third-order valence-electron chi connectivity index (χ3n) is 5.91. The number of hydrogen-bond donors (Lipinski definition) is 1. The normalized spacial score (nSPS) is 20.0. The maximum absolute atomic E-state index is 13.6. The van der Waals surface area contributed by atoms with Crippen LogP contribution in [0.3, 0.4) is 0 Å². The Kier molecular flexibility index (Phi) is 7.67. The summed E-state index contributed by atoms with van der Waals surface area (Å²) in [5.74, 6) is -0.850. The summed E-state index contributed by atoms with van der Waals surface area (Å²) in [4.78, 5) is 13.0. The summed E-state index contributed by atoms with van der Waals surface area (Å²) in [6, 6.07) is 13.0. The molecule has 1 heterocycles. The lowest BCUT2D eigenvalue weighted by molar-refractivity contribution is -0.131. The lowest BCUT2D eigenvalue weighted by Crippen LogP contribution is -2.37. The van der Waals surface area contributed by atoms with E-state index in [0.717, 1.165) is 43.7 Å². The van der Waals surface area contributed by atoms with Crippen LogP contribution in [0.2, 0.25) is 0 Å². The molecule has 0 aromatic heterocycles. The first-order valence-electron chi connectivity index (χ1n) is 10.7. The highest BCUT2D eigenvalue weighted by Crippen LogP contribution is 2.46. The maximum Gasteiger partial charge on any atom is 0.331 e. The van der Waals surface area contributed by atoms with E-state index in [-0.39, 0.29) is 21.8 Å². The molecule has 172 valence electrons. The van der Waals surface area contributed by atoms with Gasteiger partial charge in [-0.3, -0.25) is 0 Å². The van der Waals surface area contributed by atoms with Crippen molar-refractivity contribution in [2.24, 2.45) is 5.41 Å². The van der Waals surface area contributed by atoms with Crippen LogP contribution in [-0.4, -0.2) is 31.8 Å². The molecule has 0 aliphatic carbocycles. The molecule has 8 heteroatoms. The number of unbranched alkanes of at least 4 members (excludes halogenated alkanes) is 1. The zero-order chi connectivity index (χ0) is 23.4. The van der Waals surface area contributed by atoms with E-state index in [9.17, 15) is 13.2 Å². The first-order chi connectivity index (χ1) is 15.2. The van der Waals surface area contributed by atoms with Gasteiger partial charge in [0, 0.05) is 23.7 Å². The number of carboxylic acids is 1. The van der Waals surface area contributed by atoms with Gasteiger partial charge in [-0.2, -0.15) is 0 Å². The molecule has 1 aliphatic rings.